The van der Waals surface area contributed by atoms with Gasteiger partial charge in [-0.05, 0) is 41.7 Å². The normalized spacial score (nSPS) is 18.2. The van der Waals surface area contributed by atoms with Crippen LogP contribution in [0.5, 0.6) is 0 Å². The lowest BCUT2D eigenvalue weighted by molar-refractivity contribution is -0.143. The van der Waals surface area contributed by atoms with Crippen LogP contribution in [0.25, 0.3) is 11.1 Å². The van der Waals surface area contributed by atoms with Crippen LogP contribution in [-0.4, -0.2) is 25.0 Å². The van der Waals surface area contributed by atoms with Gasteiger partial charge in [-0.2, -0.15) is 0 Å². The highest BCUT2D eigenvalue weighted by molar-refractivity contribution is 5.95. The molecule has 4 nitrogen and oxygen atoms in total. The summed E-state index contributed by atoms with van der Waals surface area (Å²) in [5.74, 6) is -2.16. The van der Waals surface area contributed by atoms with E-state index in [2.05, 4.69) is 5.32 Å². The van der Waals surface area contributed by atoms with Gasteiger partial charge >= 0.3 is 5.97 Å². The van der Waals surface area contributed by atoms with Gasteiger partial charge in [-0.3, -0.25) is 9.59 Å². The van der Waals surface area contributed by atoms with Gasteiger partial charge in [0.1, 0.15) is 5.82 Å². The molecule has 1 aliphatic carbocycles. The van der Waals surface area contributed by atoms with Crippen LogP contribution < -0.4 is 5.32 Å². The van der Waals surface area contributed by atoms with Gasteiger partial charge in [0, 0.05) is 17.2 Å². The minimum Gasteiger partial charge on any atom is -0.469 e. The maximum absolute atomic E-state index is 14.4. The highest BCUT2D eigenvalue weighted by atomic mass is 19.1. The van der Waals surface area contributed by atoms with Crippen molar-refractivity contribution >= 4 is 11.9 Å². The smallest absolute Gasteiger partial charge is 0.313 e. The van der Waals surface area contributed by atoms with Crippen LogP contribution in [0.1, 0.15) is 28.3 Å². The van der Waals surface area contributed by atoms with Gasteiger partial charge in [0.2, 0.25) is 0 Å². The Bertz CT molecular complexity index is 1130. The Labute approximate surface area is 186 Å². The summed E-state index contributed by atoms with van der Waals surface area (Å²) < 4.78 is 19.3. The number of halogens is 1. The van der Waals surface area contributed by atoms with Crippen LogP contribution in [0.15, 0.2) is 91.0 Å². The van der Waals surface area contributed by atoms with Crippen molar-refractivity contribution in [3.63, 3.8) is 0 Å². The van der Waals surface area contributed by atoms with Gasteiger partial charge in [0.15, 0.2) is 0 Å². The molecule has 0 spiro atoms. The molecule has 32 heavy (non-hydrogen) atoms. The molecule has 162 valence electrons. The first-order chi connectivity index (χ1) is 15.6. The van der Waals surface area contributed by atoms with Crippen LogP contribution in [0.3, 0.4) is 0 Å². The Morgan fingerprint density at radius 3 is 2.25 bits per heavy atom. The number of hydrogen-bond donors (Lipinski definition) is 1. The summed E-state index contributed by atoms with van der Waals surface area (Å²) in [5.41, 5.74) is 2.98. The second kappa shape index (κ2) is 9.60. The van der Waals surface area contributed by atoms with E-state index in [0.717, 1.165) is 11.1 Å². The standard InChI is InChI=1S/C27H24FNO3/c1-32-27(31)25(23-9-5-6-10-24(23)28)21-15-16-22(17-21)29-26(30)20-13-11-19(12-14-20)18-7-3-2-4-8-18/h2-16,21-22,25H,17H2,1H3,(H,29,30)/t21-,22+,25-/m0/s1. The summed E-state index contributed by atoms with van der Waals surface area (Å²) in [4.78, 5) is 25.2. The van der Waals surface area contributed by atoms with E-state index < -0.39 is 17.7 Å². The van der Waals surface area contributed by atoms with Gasteiger partial charge in [0.05, 0.1) is 13.0 Å². The van der Waals surface area contributed by atoms with Crippen molar-refractivity contribution in [3.05, 3.63) is 108 Å². The number of amides is 1. The van der Waals surface area contributed by atoms with Crippen LogP contribution in [0.2, 0.25) is 0 Å². The number of carbonyl (C=O) groups is 2. The lowest BCUT2D eigenvalue weighted by Gasteiger charge is -2.22. The molecule has 3 atom stereocenters. The summed E-state index contributed by atoms with van der Waals surface area (Å²) in [6.07, 6.45) is 4.21. The van der Waals surface area contributed by atoms with E-state index >= 15 is 0 Å². The molecular formula is C27H24FNO3. The molecular weight excluding hydrogens is 405 g/mol. The molecule has 1 N–H and O–H groups in total. The zero-order chi connectivity index (χ0) is 22.5. The number of benzene rings is 3. The molecule has 0 aromatic heterocycles. The molecule has 3 aromatic carbocycles. The number of nitrogens with one attached hydrogen (secondary N) is 1. The van der Waals surface area contributed by atoms with E-state index in [9.17, 15) is 14.0 Å². The maximum Gasteiger partial charge on any atom is 0.313 e. The highest BCUT2D eigenvalue weighted by Crippen LogP contribution is 2.35. The number of allylic oxidation sites excluding steroid dienone is 1. The third kappa shape index (κ3) is 4.62. The lowest BCUT2D eigenvalue weighted by Crippen LogP contribution is -2.33. The second-order valence-corrected chi connectivity index (χ2v) is 7.83. The van der Waals surface area contributed by atoms with E-state index in [4.69, 9.17) is 4.74 Å². The zero-order valence-electron chi connectivity index (χ0n) is 17.7. The van der Waals surface area contributed by atoms with E-state index in [1.54, 1.807) is 30.3 Å². The molecule has 1 amide bonds. The second-order valence-electron chi connectivity index (χ2n) is 7.83. The Balaban J connectivity index is 1.43. The molecule has 3 aromatic rings. The predicted octanol–water partition coefficient (Wildman–Crippen LogP) is 5.12. The molecule has 0 radical (unpaired) electrons. The van der Waals surface area contributed by atoms with Crippen LogP contribution in [0, 0.1) is 11.7 Å². The minimum absolute atomic E-state index is 0.194. The molecule has 0 bridgehead atoms. The van der Waals surface area contributed by atoms with Crippen molar-refractivity contribution in [1.82, 2.24) is 5.32 Å². The average Bonchev–Trinajstić information content (AvgIpc) is 3.28. The van der Waals surface area contributed by atoms with E-state index in [0.29, 0.717) is 17.5 Å². The summed E-state index contributed by atoms with van der Waals surface area (Å²) in [6, 6.07) is 23.4. The molecule has 5 heteroatoms. The number of hydrogen-bond acceptors (Lipinski definition) is 3. The van der Waals surface area contributed by atoms with E-state index in [1.807, 2.05) is 54.6 Å². The minimum atomic E-state index is -0.760. The molecule has 0 saturated heterocycles. The first-order valence-corrected chi connectivity index (χ1v) is 10.5. The zero-order valence-corrected chi connectivity index (χ0v) is 17.7. The fraction of sp³-hybridized carbons (Fsp3) is 0.185. The van der Waals surface area contributed by atoms with Crippen LogP contribution in [0.4, 0.5) is 4.39 Å². The van der Waals surface area contributed by atoms with Crippen molar-refractivity contribution < 1.29 is 18.7 Å². The van der Waals surface area contributed by atoms with Gasteiger partial charge < -0.3 is 10.1 Å². The molecule has 0 unspecified atom stereocenters. The first-order valence-electron chi connectivity index (χ1n) is 10.5. The average molecular weight is 429 g/mol. The molecule has 0 aliphatic heterocycles. The quantitative estimate of drug-likeness (QED) is 0.437. The number of methoxy groups -OCH3 is 1. The fourth-order valence-electron chi connectivity index (χ4n) is 4.16. The molecule has 4 rings (SSSR count). The predicted molar refractivity (Wildman–Crippen MR) is 122 cm³/mol. The van der Waals surface area contributed by atoms with Crippen molar-refractivity contribution in [1.29, 1.82) is 0 Å². The van der Waals surface area contributed by atoms with Crippen LogP contribution >= 0.6 is 0 Å². The Morgan fingerprint density at radius 1 is 0.906 bits per heavy atom. The van der Waals surface area contributed by atoms with Crippen molar-refractivity contribution in [2.24, 2.45) is 5.92 Å². The molecule has 0 saturated carbocycles. The summed E-state index contributed by atoms with van der Waals surface area (Å²) in [5, 5.41) is 2.99. The van der Waals surface area contributed by atoms with E-state index in [-0.39, 0.29) is 17.9 Å². The van der Waals surface area contributed by atoms with Crippen LogP contribution in [-0.2, 0) is 9.53 Å². The number of esters is 1. The summed E-state index contributed by atoms with van der Waals surface area (Å²) in [7, 11) is 1.30. The van der Waals surface area contributed by atoms with Gasteiger partial charge in [-0.1, -0.05) is 72.8 Å². The lowest BCUT2D eigenvalue weighted by atomic mass is 9.85. The Morgan fingerprint density at radius 2 is 1.56 bits per heavy atom. The van der Waals surface area contributed by atoms with E-state index in [1.165, 1.54) is 13.2 Å². The third-order valence-corrected chi connectivity index (χ3v) is 5.81. The summed E-state index contributed by atoms with van der Waals surface area (Å²) >= 11 is 0. The van der Waals surface area contributed by atoms with Gasteiger partial charge in [0.25, 0.3) is 5.91 Å². The molecule has 0 heterocycles. The first kappa shape index (κ1) is 21.5. The van der Waals surface area contributed by atoms with Crippen molar-refractivity contribution in [2.45, 2.75) is 18.4 Å². The third-order valence-electron chi connectivity index (χ3n) is 5.81. The largest absolute Gasteiger partial charge is 0.469 e. The fourth-order valence-corrected chi connectivity index (χ4v) is 4.16. The van der Waals surface area contributed by atoms with Crippen molar-refractivity contribution in [2.75, 3.05) is 7.11 Å². The molecule has 0 fully saturated rings. The topological polar surface area (TPSA) is 55.4 Å². The summed E-state index contributed by atoms with van der Waals surface area (Å²) in [6.45, 7) is 0. The molecule has 1 aliphatic rings. The van der Waals surface area contributed by atoms with Crippen molar-refractivity contribution in [3.8, 4) is 11.1 Å². The van der Waals surface area contributed by atoms with Gasteiger partial charge in [-0.25, -0.2) is 4.39 Å². The SMILES string of the molecule is COC(=O)[C@H](c1ccccc1F)[C@H]1C=C[C@@H](NC(=O)c2ccc(-c3ccccc3)cc2)C1. The number of ether oxygens (including phenoxy) is 1. The Kier molecular flexibility index (Phi) is 6.45. The number of rotatable bonds is 6. The highest BCUT2D eigenvalue weighted by Gasteiger charge is 2.35. The van der Waals surface area contributed by atoms with Gasteiger partial charge in [-0.15, -0.1) is 0 Å². The maximum atomic E-state index is 14.4. The monoisotopic (exact) mass is 429 g/mol. The Hall–Kier alpha value is -3.73. The number of carbonyl (C=O) groups excluding carboxylic acids is 2.